The highest BCUT2D eigenvalue weighted by Crippen LogP contribution is 2.33. The Bertz CT molecular complexity index is 650. The minimum Gasteiger partial charge on any atom is -0.422 e. The molecule has 0 saturated carbocycles. The quantitative estimate of drug-likeness (QED) is 0.757. The van der Waals surface area contributed by atoms with Crippen molar-refractivity contribution in [2.45, 2.75) is 0 Å². The predicted molar refractivity (Wildman–Crippen MR) is 71.7 cm³/mol. The molecule has 0 amide bonds. The van der Waals surface area contributed by atoms with Crippen LogP contribution in [-0.2, 0) is 4.74 Å². The minimum atomic E-state index is -0.308. The molecule has 0 unspecified atom stereocenters. The molecule has 1 aromatic heterocycles. The molecule has 3 nitrogen and oxygen atoms in total. The molecule has 0 atom stereocenters. The number of hydrogen-bond donors (Lipinski definition) is 0. The highest BCUT2D eigenvalue weighted by molar-refractivity contribution is 9.10. The zero-order valence-electron chi connectivity index (χ0n) is 9.26. The summed E-state index contributed by atoms with van der Waals surface area (Å²) in [5.74, 6) is 0.264. The lowest BCUT2D eigenvalue weighted by Gasteiger charge is -1.99. The summed E-state index contributed by atoms with van der Waals surface area (Å²) in [7, 11) is 0. The summed E-state index contributed by atoms with van der Waals surface area (Å²) in [6.07, 6.45) is 5.23. The zero-order chi connectivity index (χ0) is 12.5. The molecule has 0 N–H and O–H groups in total. The van der Waals surface area contributed by atoms with E-state index in [0.29, 0.717) is 11.3 Å². The van der Waals surface area contributed by atoms with E-state index in [4.69, 9.17) is 4.74 Å². The Balaban J connectivity index is 2.10. The van der Waals surface area contributed by atoms with Gasteiger partial charge in [0.1, 0.15) is 5.76 Å². The highest BCUT2D eigenvalue weighted by atomic mass is 79.9. The fourth-order valence-electron chi connectivity index (χ4n) is 1.83. The molecule has 0 spiro atoms. The van der Waals surface area contributed by atoms with Gasteiger partial charge in [-0.3, -0.25) is 4.98 Å². The number of pyridine rings is 1. The van der Waals surface area contributed by atoms with E-state index in [-0.39, 0.29) is 5.97 Å². The van der Waals surface area contributed by atoms with Crippen molar-refractivity contribution in [3.8, 4) is 0 Å². The summed E-state index contributed by atoms with van der Waals surface area (Å²) in [6.45, 7) is 0. The molecule has 1 aliphatic heterocycles. The van der Waals surface area contributed by atoms with Crippen LogP contribution in [0.5, 0.6) is 0 Å². The third-order valence-corrected chi connectivity index (χ3v) is 3.17. The molecule has 4 heteroatoms. The van der Waals surface area contributed by atoms with E-state index in [1.165, 1.54) is 0 Å². The van der Waals surface area contributed by atoms with Gasteiger partial charge in [0.15, 0.2) is 0 Å². The lowest BCUT2D eigenvalue weighted by molar-refractivity contribution is 0.0717. The first-order valence-corrected chi connectivity index (χ1v) is 6.17. The molecule has 0 saturated heterocycles. The molecule has 0 aliphatic carbocycles. The van der Waals surface area contributed by atoms with Crippen LogP contribution in [0.3, 0.4) is 0 Å². The van der Waals surface area contributed by atoms with Gasteiger partial charge in [-0.25, -0.2) is 4.79 Å². The van der Waals surface area contributed by atoms with Crippen molar-refractivity contribution < 1.29 is 9.53 Å². The first kappa shape index (κ1) is 11.2. The fraction of sp³-hybridized carbons (Fsp3) is 0. The number of nitrogens with zero attached hydrogens (tertiary/aromatic N) is 1. The Morgan fingerprint density at radius 3 is 2.67 bits per heavy atom. The van der Waals surface area contributed by atoms with Gasteiger partial charge in [0, 0.05) is 22.4 Å². The summed E-state index contributed by atoms with van der Waals surface area (Å²) in [4.78, 5) is 15.6. The molecular weight excluding hydrogens is 294 g/mol. The van der Waals surface area contributed by atoms with Crippen LogP contribution in [0.4, 0.5) is 0 Å². The normalized spacial score (nSPS) is 15.6. The van der Waals surface area contributed by atoms with E-state index in [1.807, 2.05) is 30.3 Å². The molecule has 2 heterocycles. The van der Waals surface area contributed by atoms with Gasteiger partial charge in [0.2, 0.25) is 0 Å². The van der Waals surface area contributed by atoms with Gasteiger partial charge in [-0.05, 0) is 42.0 Å². The van der Waals surface area contributed by atoms with Gasteiger partial charge in [-0.15, -0.1) is 0 Å². The van der Waals surface area contributed by atoms with E-state index in [2.05, 4.69) is 20.9 Å². The molecule has 0 fully saturated rings. The number of fused-ring (bicyclic) bond motifs is 1. The van der Waals surface area contributed by atoms with Crippen LogP contribution in [-0.4, -0.2) is 11.0 Å². The van der Waals surface area contributed by atoms with Crippen LogP contribution in [0.15, 0.2) is 47.2 Å². The van der Waals surface area contributed by atoms with Crippen LogP contribution in [0, 0.1) is 0 Å². The van der Waals surface area contributed by atoms with Crippen molar-refractivity contribution in [1.29, 1.82) is 0 Å². The molecule has 88 valence electrons. The van der Waals surface area contributed by atoms with Crippen molar-refractivity contribution in [2.75, 3.05) is 0 Å². The Kier molecular flexibility index (Phi) is 2.72. The molecule has 2 aromatic rings. The third kappa shape index (κ3) is 1.95. The summed E-state index contributed by atoms with van der Waals surface area (Å²) in [5, 5.41) is 0. The van der Waals surface area contributed by atoms with Crippen LogP contribution in [0.2, 0.25) is 0 Å². The average Bonchev–Trinajstić information content (AvgIpc) is 2.67. The molecule has 0 radical (unpaired) electrons. The van der Waals surface area contributed by atoms with E-state index >= 15 is 0 Å². The number of carbonyl (C=O) groups is 1. The summed E-state index contributed by atoms with van der Waals surface area (Å²) in [5.41, 5.74) is 2.35. The van der Waals surface area contributed by atoms with Gasteiger partial charge in [0.05, 0.1) is 5.56 Å². The van der Waals surface area contributed by atoms with Gasteiger partial charge >= 0.3 is 5.97 Å². The molecule has 18 heavy (non-hydrogen) atoms. The lowest BCUT2D eigenvalue weighted by atomic mass is 10.1. The fourth-order valence-corrected chi connectivity index (χ4v) is 2.19. The molecular formula is C14H8BrNO2. The van der Waals surface area contributed by atoms with E-state index < -0.39 is 0 Å². The number of cyclic esters (lactones) is 1. The largest absolute Gasteiger partial charge is 0.422 e. The summed E-state index contributed by atoms with van der Waals surface area (Å²) < 4.78 is 6.19. The predicted octanol–water partition coefficient (Wildman–Crippen LogP) is 3.51. The number of ether oxygens (including phenoxy) is 1. The van der Waals surface area contributed by atoms with Crippen LogP contribution >= 0.6 is 15.9 Å². The minimum absolute atomic E-state index is 0.308. The standard InChI is InChI=1S/C14H8BrNO2/c15-10-1-2-11-12(8-10)13(18-14(11)17)7-9-3-5-16-6-4-9/h1-8H/b13-7+. The number of esters is 1. The second-order valence-corrected chi connectivity index (χ2v) is 4.78. The van der Waals surface area contributed by atoms with Crippen molar-refractivity contribution in [2.24, 2.45) is 0 Å². The Hall–Kier alpha value is -1.94. The maximum atomic E-state index is 11.7. The van der Waals surface area contributed by atoms with Crippen LogP contribution in [0.25, 0.3) is 11.8 Å². The SMILES string of the molecule is O=C1O/C(=C/c2ccncc2)c2cc(Br)ccc21. The van der Waals surface area contributed by atoms with Gasteiger partial charge in [-0.1, -0.05) is 15.9 Å². The second kappa shape index (κ2) is 4.38. The first-order valence-electron chi connectivity index (χ1n) is 5.38. The lowest BCUT2D eigenvalue weighted by Crippen LogP contribution is -1.92. The van der Waals surface area contributed by atoms with Crippen LogP contribution in [0.1, 0.15) is 21.5 Å². The third-order valence-electron chi connectivity index (χ3n) is 2.67. The average molecular weight is 302 g/mol. The summed E-state index contributed by atoms with van der Waals surface area (Å²) >= 11 is 3.39. The number of halogens is 1. The van der Waals surface area contributed by atoms with E-state index in [0.717, 1.165) is 15.6 Å². The molecule has 3 rings (SSSR count). The number of aromatic nitrogens is 1. The smallest absolute Gasteiger partial charge is 0.344 e. The highest BCUT2D eigenvalue weighted by Gasteiger charge is 2.26. The maximum Gasteiger partial charge on any atom is 0.344 e. The second-order valence-electron chi connectivity index (χ2n) is 3.87. The van der Waals surface area contributed by atoms with Crippen LogP contribution < -0.4 is 0 Å². The maximum absolute atomic E-state index is 11.7. The monoisotopic (exact) mass is 301 g/mol. The van der Waals surface area contributed by atoms with Crippen molar-refractivity contribution in [1.82, 2.24) is 4.98 Å². The van der Waals surface area contributed by atoms with Crippen molar-refractivity contribution in [3.05, 3.63) is 63.9 Å². The number of hydrogen-bond acceptors (Lipinski definition) is 3. The first-order chi connectivity index (χ1) is 8.74. The van der Waals surface area contributed by atoms with E-state index in [9.17, 15) is 4.79 Å². The Labute approximate surface area is 112 Å². The van der Waals surface area contributed by atoms with Gasteiger partial charge in [0.25, 0.3) is 0 Å². The Morgan fingerprint density at radius 2 is 1.89 bits per heavy atom. The van der Waals surface area contributed by atoms with E-state index in [1.54, 1.807) is 18.5 Å². The number of rotatable bonds is 1. The molecule has 1 aromatic carbocycles. The summed E-state index contributed by atoms with van der Waals surface area (Å²) in [6, 6.07) is 9.19. The molecule has 0 bridgehead atoms. The van der Waals surface area contributed by atoms with Gasteiger partial charge in [-0.2, -0.15) is 0 Å². The topological polar surface area (TPSA) is 39.2 Å². The van der Waals surface area contributed by atoms with Gasteiger partial charge < -0.3 is 4.74 Å². The Morgan fingerprint density at radius 1 is 1.11 bits per heavy atom. The van der Waals surface area contributed by atoms with Crippen molar-refractivity contribution in [3.63, 3.8) is 0 Å². The van der Waals surface area contributed by atoms with Crippen molar-refractivity contribution >= 4 is 33.7 Å². The molecule has 1 aliphatic rings. The number of carbonyl (C=O) groups excluding carboxylic acids is 1. The number of benzene rings is 1. The zero-order valence-corrected chi connectivity index (χ0v) is 10.8.